The van der Waals surface area contributed by atoms with E-state index in [0.717, 1.165) is 28.6 Å². The van der Waals surface area contributed by atoms with Crippen molar-refractivity contribution >= 4 is 45.2 Å². The van der Waals surface area contributed by atoms with Crippen molar-refractivity contribution in [1.82, 2.24) is 4.90 Å². The minimum atomic E-state index is -4.76. The van der Waals surface area contributed by atoms with Crippen LogP contribution in [-0.2, 0) is 22.4 Å². The Kier molecular flexibility index (Phi) is 8.96. The van der Waals surface area contributed by atoms with E-state index in [4.69, 9.17) is 11.6 Å². The molecule has 0 spiro atoms. The summed E-state index contributed by atoms with van der Waals surface area (Å²) in [5, 5.41) is 9.13. The van der Waals surface area contributed by atoms with Crippen molar-refractivity contribution in [2.75, 3.05) is 48.5 Å². The Hall–Kier alpha value is -3.26. The highest BCUT2D eigenvalue weighted by molar-refractivity contribution is 7.92. The van der Waals surface area contributed by atoms with Gasteiger partial charge in [-0.3, -0.25) is 9.21 Å². The van der Waals surface area contributed by atoms with Crippen molar-refractivity contribution in [3.8, 4) is 0 Å². The lowest BCUT2D eigenvalue weighted by atomic mass is 10.0. The van der Waals surface area contributed by atoms with Gasteiger partial charge in [-0.25, -0.2) is 8.42 Å². The summed E-state index contributed by atoms with van der Waals surface area (Å²) in [6.45, 7) is 2.16. The van der Waals surface area contributed by atoms with E-state index in [9.17, 15) is 39.9 Å². The lowest BCUT2D eigenvalue weighted by molar-refractivity contribution is -0.138. The molecule has 1 fully saturated rings. The van der Waals surface area contributed by atoms with E-state index in [1.54, 1.807) is 12.1 Å². The van der Waals surface area contributed by atoms with E-state index >= 15 is 0 Å². The van der Waals surface area contributed by atoms with Gasteiger partial charge in [-0.05, 0) is 54.4 Å². The molecule has 2 heterocycles. The first-order valence-electron chi connectivity index (χ1n) is 13.7. The number of hydrogen-bond acceptors (Lipinski definition) is 5. The normalized spacial score (nSPS) is 18.0. The van der Waals surface area contributed by atoms with Crippen molar-refractivity contribution < 1.29 is 39.9 Å². The molecule has 2 aliphatic rings. The number of halogens is 7. The van der Waals surface area contributed by atoms with Crippen LogP contribution in [0.5, 0.6) is 0 Å². The zero-order valence-electron chi connectivity index (χ0n) is 23.1. The first-order chi connectivity index (χ1) is 20.7. The molecule has 0 unspecified atom stereocenters. The number of aliphatic hydroxyl groups is 1. The second-order valence-corrected chi connectivity index (χ2v) is 12.8. The second-order valence-electron chi connectivity index (χ2n) is 10.6. The lowest BCUT2D eigenvalue weighted by Gasteiger charge is -2.49. The van der Waals surface area contributed by atoms with Crippen LogP contribution in [-0.4, -0.2) is 63.8 Å². The van der Waals surface area contributed by atoms with Crippen molar-refractivity contribution in [3.05, 3.63) is 87.9 Å². The fourth-order valence-corrected chi connectivity index (χ4v) is 7.38. The molecule has 0 aromatic heterocycles. The highest BCUT2D eigenvalue weighted by atomic mass is 35.5. The van der Waals surface area contributed by atoms with Crippen molar-refractivity contribution in [1.29, 1.82) is 0 Å². The molecular weight excluding hydrogens is 632 g/mol. The summed E-state index contributed by atoms with van der Waals surface area (Å²) in [4.78, 5) is 3.59. The number of hydrogen-bond donors (Lipinski definition) is 1. The highest BCUT2D eigenvalue weighted by Gasteiger charge is 2.41. The molecule has 3 aromatic rings. The first-order valence-corrected chi connectivity index (χ1v) is 15.5. The molecule has 236 valence electrons. The Labute approximate surface area is 255 Å². The molecule has 44 heavy (non-hydrogen) atoms. The van der Waals surface area contributed by atoms with E-state index in [0.29, 0.717) is 49.9 Å². The predicted molar refractivity (Wildman–Crippen MR) is 157 cm³/mol. The van der Waals surface area contributed by atoms with Gasteiger partial charge in [0.2, 0.25) is 0 Å². The molecule has 0 bridgehead atoms. The Balaban J connectivity index is 1.58. The third-order valence-electron chi connectivity index (χ3n) is 7.70. The molecule has 1 atom stereocenters. The van der Waals surface area contributed by atoms with Crippen LogP contribution in [0.3, 0.4) is 0 Å². The number of aliphatic hydroxyl groups excluding tert-OH is 1. The van der Waals surface area contributed by atoms with Gasteiger partial charge in [0, 0.05) is 43.4 Å². The van der Waals surface area contributed by atoms with Crippen LogP contribution < -0.4 is 9.21 Å². The molecular formula is C30H28ClF6N3O3S. The molecule has 0 radical (unpaired) electrons. The summed E-state index contributed by atoms with van der Waals surface area (Å²) in [5.74, 6) is 0. The number of sulfonamides is 1. The molecule has 1 saturated heterocycles. The van der Waals surface area contributed by atoms with Gasteiger partial charge in [0.05, 0.1) is 40.0 Å². The first kappa shape index (κ1) is 32.1. The number of benzene rings is 3. The van der Waals surface area contributed by atoms with Gasteiger partial charge in [-0.2, -0.15) is 26.3 Å². The highest BCUT2D eigenvalue weighted by Crippen LogP contribution is 2.42. The van der Waals surface area contributed by atoms with Crippen LogP contribution in [0.2, 0.25) is 5.02 Å². The molecule has 0 saturated carbocycles. The summed E-state index contributed by atoms with van der Waals surface area (Å²) in [7, 11) is -4.51. The maximum atomic E-state index is 14.0. The summed E-state index contributed by atoms with van der Waals surface area (Å²) >= 11 is 6.09. The van der Waals surface area contributed by atoms with Gasteiger partial charge < -0.3 is 10.0 Å². The number of rotatable bonds is 7. The molecule has 5 rings (SSSR count). The van der Waals surface area contributed by atoms with Crippen LogP contribution in [0, 0.1) is 0 Å². The van der Waals surface area contributed by atoms with Gasteiger partial charge in [0.25, 0.3) is 10.0 Å². The van der Waals surface area contributed by atoms with Crippen LogP contribution >= 0.6 is 11.6 Å². The van der Waals surface area contributed by atoms with Gasteiger partial charge in [0.1, 0.15) is 0 Å². The largest absolute Gasteiger partial charge is 0.417 e. The van der Waals surface area contributed by atoms with Gasteiger partial charge >= 0.3 is 12.4 Å². The van der Waals surface area contributed by atoms with Crippen molar-refractivity contribution in [3.63, 3.8) is 0 Å². The van der Waals surface area contributed by atoms with E-state index in [-0.39, 0.29) is 35.5 Å². The van der Waals surface area contributed by atoms with E-state index in [1.165, 1.54) is 30.4 Å². The third-order valence-corrected chi connectivity index (χ3v) is 9.81. The summed E-state index contributed by atoms with van der Waals surface area (Å²) in [5.41, 5.74) is -1.21. The summed E-state index contributed by atoms with van der Waals surface area (Å²) < 4.78 is 110. The predicted octanol–water partition coefficient (Wildman–Crippen LogP) is 6.63. The zero-order valence-corrected chi connectivity index (χ0v) is 24.7. The third kappa shape index (κ3) is 6.56. The van der Waals surface area contributed by atoms with Crippen LogP contribution in [0.1, 0.15) is 28.7 Å². The average molecular weight is 660 g/mol. The Morgan fingerprint density at radius 2 is 1.64 bits per heavy atom. The molecule has 1 N–H and O–H groups in total. The Morgan fingerprint density at radius 1 is 0.886 bits per heavy atom. The van der Waals surface area contributed by atoms with E-state index < -0.39 is 38.4 Å². The molecule has 6 nitrogen and oxygen atoms in total. The SMILES string of the molecule is O=S(=O)(c1cccc(C(F)(F)F)c1)N1C[C@@H]2CN(CCCO)CCN2c2ccc(/C=C/c3c(Cl)cccc3C(F)(F)F)cc21. The number of piperazine rings is 1. The van der Waals surface area contributed by atoms with Gasteiger partial charge in [0.15, 0.2) is 0 Å². The topological polar surface area (TPSA) is 64.1 Å². The number of fused-ring (bicyclic) bond motifs is 3. The van der Waals surface area contributed by atoms with Crippen LogP contribution in [0.4, 0.5) is 37.7 Å². The monoisotopic (exact) mass is 659 g/mol. The minimum Gasteiger partial charge on any atom is -0.396 e. The van der Waals surface area contributed by atoms with Gasteiger partial charge in [-0.1, -0.05) is 42.0 Å². The molecule has 14 heteroatoms. The van der Waals surface area contributed by atoms with Crippen LogP contribution in [0.15, 0.2) is 65.6 Å². The summed E-state index contributed by atoms with van der Waals surface area (Å²) in [6.07, 6.45) is -6.31. The zero-order chi connectivity index (χ0) is 31.9. The standard InChI is InChI=1S/C30H28ClF6N3O3S/c31-26-7-2-6-25(30(35,36)37)24(26)10-8-20-9-11-27-28(16-20)40(19-22-18-38(12-3-15-41)13-14-39(22)27)44(42,43)23-5-1-4-21(17-23)29(32,33)34/h1-2,4-11,16-17,22,41H,3,12-15,18-19H2/b10-8+/t22-/m0/s1. The number of alkyl halides is 6. The average Bonchev–Trinajstić information content (AvgIpc) is 2.97. The quantitative estimate of drug-likeness (QED) is 0.228. The van der Waals surface area contributed by atoms with Crippen LogP contribution in [0.25, 0.3) is 12.2 Å². The van der Waals surface area contributed by atoms with E-state index in [1.807, 2.05) is 4.90 Å². The molecule has 2 aliphatic heterocycles. The lowest BCUT2D eigenvalue weighted by Crippen LogP contribution is -2.60. The minimum absolute atomic E-state index is 0.00127. The Bertz CT molecular complexity index is 1660. The Morgan fingerprint density at radius 3 is 2.34 bits per heavy atom. The smallest absolute Gasteiger partial charge is 0.396 e. The van der Waals surface area contributed by atoms with Crippen molar-refractivity contribution in [2.24, 2.45) is 0 Å². The molecule has 0 amide bonds. The maximum absolute atomic E-state index is 14.0. The molecule has 3 aromatic carbocycles. The maximum Gasteiger partial charge on any atom is 0.417 e. The fourth-order valence-electron chi connectivity index (χ4n) is 5.59. The van der Waals surface area contributed by atoms with Crippen molar-refractivity contribution in [2.45, 2.75) is 29.7 Å². The molecule has 0 aliphatic carbocycles. The number of nitrogens with zero attached hydrogens (tertiary/aromatic N) is 3. The van der Waals surface area contributed by atoms with E-state index in [2.05, 4.69) is 4.90 Å². The second kappa shape index (κ2) is 12.3. The summed E-state index contributed by atoms with van der Waals surface area (Å²) in [6, 6.07) is 11.4. The number of anilines is 2. The fraction of sp³-hybridized carbons (Fsp3) is 0.333. The van der Waals surface area contributed by atoms with Gasteiger partial charge in [-0.15, -0.1) is 0 Å².